The van der Waals surface area contributed by atoms with Crippen LogP contribution in [-0.4, -0.2) is 15.3 Å². The van der Waals surface area contributed by atoms with E-state index in [4.69, 9.17) is 29.7 Å². The summed E-state index contributed by atoms with van der Waals surface area (Å²) in [6.45, 7) is 0. The molecule has 0 aromatic carbocycles. The van der Waals surface area contributed by atoms with Gasteiger partial charge in [-0.2, -0.15) is 0 Å². The highest BCUT2D eigenvalue weighted by Gasteiger charge is 1.96. The van der Waals surface area contributed by atoms with Crippen molar-refractivity contribution in [2.45, 2.75) is 0 Å². The molecule has 0 aliphatic carbocycles. The zero-order valence-electron chi connectivity index (χ0n) is 5.91. The fourth-order valence-corrected chi connectivity index (χ4v) is 0.740. The molecule has 5 nitrogen and oxygen atoms in total. The quantitative estimate of drug-likeness (QED) is 0.346. The lowest BCUT2D eigenvalue weighted by molar-refractivity contribution is 1.01. The molecule has 4 N–H and O–H groups in total. The van der Waals surface area contributed by atoms with Gasteiger partial charge in [-0.3, -0.25) is 0 Å². The van der Waals surface area contributed by atoms with Gasteiger partial charge in [0.2, 0.25) is 0 Å². The maximum absolute atomic E-state index is 5.51. The van der Waals surface area contributed by atoms with Crippen molar-refractivity contribution in [3.05, 3.63) is 17.3 Å². The third-order valence-corrected chi connectivity index (χ3v) is 1.43. The lowest BCUT2D eigenvalue weighted by Gasteiger charge is -2.03. The predicted molar refractivity (Wildman–Crippen MR) is 50.6 cm³/mol. The van der Waals surface area contributed by atoms with Gasteiger partial charge in [-0.15, -0.1) is 10.2 Å². The molecule has 0 aliphatic rings. The van der Waals surface area contributed by atoms with Crippen LogP contribution < -0.4 is 16.6 Å². The SMILES string of the molecule is NNC(=S)Nc1ccc(Cl)nn1. The van der Waals surface area contributed by atoms with Crippen molar-refractivity contribution in [3.8, 4) is 0 Å². The highest BCUT2D eigenvalue weighted by Crippen LogP contribution is 2.05. The minimum atomic E-state index is 0.270. The molecule has 0 amide bonds. The summed E-state index contributed by atoms with van der Waals surface area (Å²) in [6, 6.07) is 3.23. The van der Waals surface area contributed by atoms with Crippen molar-refractivity contribution in [1.82, 2.24) is 15.6 Å². The van der Waals surface area contributed by atoms with Gasteiger partial charge >= 0.3 is 0 Å². The van der Waals surface area contributed by atoms with Crippen molar-refractivity contribution in [1.29, 1.82) is 0 Å². The van der Waals surface area contributed by atoms with Gasteiger partial charge in [0.15, 0.2) is 16.1 Å². The maximum atomic E-state index is 5.51. The first-order chi connectivity index (χ1) is 5.72. The Morgan fingerprint density at radius 1 is 1.50 bits per heavy atom. The normalized spacial score (nSPS) is 9.17. The van der Waals surface area contributed by atoms with Crippen LogP contribution in [0.2, 0.25) is 5.15 Å². The van der Waals surface area contributed by atoms with E-state index >= 15 is 0 Å². The number of nitrogens with two attached hydrogens (primary N) is 1. The fraction of sp³-hybridized carbons (Fsp3) is 0. The minimum Gasteiger partial charge on any atom is -0.315 e. The number of aromatic nitrogens is 2. The van der Waals surface area contributed by atoms with Crippen molar-refractivity contribution >= 4 is 34.7 Å². The molecule has 1 rings (SSSR count). The Balaban J connectivity index is 2.64. The Hall–Kier alpha value is -0.980. The van der Waals surface area contributed by atoms with E-state index in [9.17, 15) is 0 Å². The zero-order chi connectivity index (χ0) is 8.97. The average Bonchev–Trinajstić information content (AvgIpc) is 2.09. The molecule has 0 saturated carbocycles. The second-order valence-electron chi connectivity index (χ2n) is 1.84. The van der Waals surface area contributed by atoms with Crippen LogP contribution in [0.15, 0.2) is 12.1 Å². The Morgan fingerprint density at radius 3 is 2.75 bits per heavy atom. The molecule has 0 spiro atoms. The van der Waals surface area contributed by atoms with Gasteiger partial charge in [0.05, 0.1) is 0 Å². The first-order valence-electron chi connectivity index (χ1n) is 2.99. The van der Waals surface area contributed by atoms with Gasteiger partial charge in [-0.25, -0.2) is 5.84 Å². The number of nitrogens with zero attached hydrogens (tertiary/aromatic N) is 2. The fourth-order valence-electron chi connectivity index (χ4n) is 0.535. The number of hydrogen-bond acceptors (Lipinski definition) is 4. The Labute approximate surface area is 79.3 Å². The minimum absolute atomic E-state index is 0.270. The molecular weight excluding hydrogens is 198 g/mol. The Kier molecular flexibility index (Phi) is 3.15. The topological polar surface area (TPSA) is 75.9 Å². The number of anilines is 1. The van der Waals surface area contributed by atoms with Crippen LogP contribution in [0.25, 0.3) is 0 Å². The molecule has 0 bridgehead atoms. The highest BCUT2D eigenvalue weighted by molar-refractivity contribution is 7.80. The van der Waals surface area contributed by atoms with E-state index in [0.29, 0.717) is 11.0 Å². The number of rotatable bonds is 1. The van der Waals surface area contributed by atoms with Crippen LogP contribution >= 0.6 is 23.8 Å². The molecule has 7 heteroatoms. The average molecular weight is 204 g/mol. The summed E-state index contributed by atoms with van der Waals surface area (Å²) in [7, 11) is 0. The van der Waals surface area contributed by atoms with E-state index in [2.05, 4.69) is 20.9 Å². The smallest absolute Gasteiger partial charge is 0.186 e. The van der Waals surface area contributed by atoms with E-state index in [0.717, 1.165) is 0 Å². The zero-order valence-corrected chi connectivity index (χ0v) is 7.49. The molecule has 12 heavy (non-hydrogen) atoms. The van der Waals surface area contributed by atoms with Crippen molar-refractivity contribution in [2.24, 2.45) is 5.84 Å². The van der Waals surface area contributed by atoms with Crippen LogP contribution in [0.4, 0.5) is 5.82 Å². The summed E-state index contributed by atoms with van der Waals surface area (Å²) in [5.74, 6) is 5.51. The molecule has 0 aliphatic heterocycles. The van der Waals surface area contributed by atoms with E-state index in [-0.39, 0.29) is 5.11 Å². The van der Waals surface area contributed by atoms with Crippen LogP contribution in [0.1, 0.15) is 0 Å². The highest BCUT2D eigenvalue weighted by atomic mass is 35.5. The second-order valence-corrected chi connectivity index (χ2v) is 2.64. The van der Waals surface area contributed by atoms with E-state index in [1.165, 1.54) is 0 Å². The second kappa shape index (κ2) is 4.15. The van der Waals surface area contributed by atoms with E-state index < -0.39 is 0 Å². The number of halogens is 1. The summed E-state index contributed by atoms with van der Waals surface area (Å²) in [6.07, 6.45) is 0. The van der Waals surface area contributed by atoms with Crippen molar-refractivity contribution in [3.63, 3.8) is 0 Å². The summed E-state index contributed by atoms with van der Waals surface area (Å²) >= 11 is 10.2. The van der Waals surface area contributed by atoms with Gasteiger partial charge in [0.25, 0.3) is 0 Å². The van der Waals surface area contributed by atoms with Gasteiger partial charge in [-0.05, 0) is 24.4 Å². The third-order valence-electron chi connectivity index (χ3n) is 1.00. The lowest BCUT2D eigenvalue weighted by Crippen LogP contribution is -2.34. The van der Waals surface area contributed by atoms with Crippen molar-refractivity contribution < 1.29 is 0 Å². The maximum Gasteiger partial charge on any atom is 0.186 e. The molecular formula is C5H6ClN5S. The summed E-state index contributed by atoms with van der Waals surface area (Å²) in [5, 5.41) is 10.6. The van der Waals surface area contributed by atoms with Crippen LogP contribution in [0.3, 0.4) is 0 Å². The Morgan fingerprint density at radius 2 is 2.25 bits per heavy atom. The van der Waals surface area contributed by atoms with Gasteiger partial charge in [0.1, 0.15) is 0 Å². The predicted octanol–water partition coefficient (Wildman–Crippen LogP) is 0.290. The molecule has 0 radical (unpaired) electrons. The number of hydrazine groups is 1. The van der Waals surface area contributed by atoms with Gasteiger partial charge in [-0.1, -0.05) is 11.6 Å². The van der Waals surface area contributed by atoms with Gasteiger partial charge in [0, 0.05) is 0 Å². The van der Waals surface area contributed by atoms with Crippen molar-refractivity contribution in [2.75, 3.05) is 5.32 Å². The third kappa shape index (κ3) is 2.57. The largest absolute Gasteiger partial charge is 0.315 e. The summed E-state index contributed by atoms with van der Waals surface area (Å²) in [4.78, 5) is 0. The molecule has 0 unspecified atom stereocenters. The van der Waals surface area contributed by atoms with Crippen LogP contribution in [0.5, 0.6) is 0 Å². The lowest BCUT2D eigenvalue weighted by atomic mass is 10.5. The number of hydrogen-bond donors (Lipinski definition) is 3. The first-order valence-corrected chi connectivity index (χ1v) is 3.78. The van der Waals surface area contributed by atoms with E-state index in [1.807, 2.05) is 0 Å². The molecule has 1 aromatic rings. The monoisotopic (exact) mass is 203 g/mol. The van der Waals surface area contributed by atoms with Crippen LogP contribution in [0, 0.1) is 0 Å². The standard InChI is InChI=1S/C5H6ClN5S/c6-3-1-2-4(11-10-3)8-5(12)9-7/h1-2H,7H2,(H2,8,9,11,12). The van der Waals surface area contributed by atoms with Crippen LogP contribution in [-0.2, 0) is 0 Å². The number of thiocarbonyl (C=S) groups is 1. The summed E-state index contributed by atoms with van der Waals surface area (Å²) < 4.78 is 0. The van der Waals surface area contributed by atoms with Gasteiger partial charge < -0.3 is 10.7 Å². The first kappa shape index (κ1) is 9.11. The molecule has 0 saturated heterocycles. The molecule has 1 heterocycles. The molecule has 0 fully saturated rings. The summed E-state index contributed by atoms with van der Waals surface area (Å²) in [5.41, 5.74) is 2.25. The molecule has 1 aromatic heterocycles. The molecule has 0 atom stereocenters. The Bertz CT molecular complexity index is 274. The van der Waals surface area contributed by atoms with E-state index in [1.54, 1.807) is 12.1 Å². The molecule has 64 valence electrons. The number of nitrogens with one attached hydrogen (secondary N) is 2.